The fourth-order valence-corrected chi connectivity index (χ4v) is 2.71. The van der Waals surface area contributed by atoms with Gasteiger partial charge in [0, 0.05) is 5.92 Å². The number of benzene rings is 2. The molecule has 0 aliphatic heterocycles. The van der Waals surface area contributed by atoms with Gasteiger partial charge in [-0.15, -0.1) is 0 Å². The number of halogens is 1. The summed E-state index contributed by atoms with van der Waals surface area (Å²) in [6.45, 7) is 3.65. The molecule has 1 N–H and O–H groups in total. The predicted molar refractivity (Wildman–Crippen MR) is 89.3 cm³/mol. The van der Waals surface area contributed by atoms with E-state index in [4.69, 9.17) is 0 Å². The molecule has 116 valence electrons. The van der Waals surface area contributed by atoms with Crippen LogP contribution in [0.1, 0.15) is 36.1 Å². The van der Waals surface area contributed by atoms with Gasteiger partial charge in [0.15, 0.2) is 0 Å². The number of aliphatic hydroxyl groups is 1. The van der Waals surface area contributed by atoms with Crippen LogP contribution in [0.25, 0.3) is 0 Å². The van der Waals surface area contributed by atoms with E-state index in [1.165, 1.54) is 6.08 Å². The van der Waals surface area contributed by atoms with E-state index in [0.717, 1.165) is 23.1 Å². The molecule has 22 heavy (non-hydrogen) atoms. The van der Waals surface area contributed by atoms with E-state index >= 15 is 0 Å². The third-order valence-electron chi connectivity index (χ3n) is 3.98. The fourth-order valence-electron chi connectivity index (χ4n) is 2.71. The van der Waals surface area contributed by atoms with E-state index in [9.17, 15) is 9.50 Å². The maximum Gasteiger partial charge on any atom is 0.102 e. The predicted octanol–water partition coefficient (Wildman–Crippen LogP) is 5.15. The molecule has 0 spiro atoms. The van der Waals surface area contributed by atoms with Gasteiger partial charge >= 0.3 is 0 Å². The first-order valence-corrected chi connectivity index (χ1v) is 7.72. The Labute approximate surface area is 132 Å². The third-order valence-corrected chi connectivity index (χ3v) is 3.98. The molecule has 0 saturated carbocycles. The molecule has 0 aliphatic carbocycles. The highest BCUT2D eigenvalue weighted by atomic mass is 19.1. The molecule has 0 heterocycles. The van der Waals surface area contributed by atoms with Crippen molar-refractivity contribution < 1.29 is 9.50 Å². The van der Waals surface area contributed by atoms with Crippen LogP contribution in [-0.2, 0) is 6.42 Å². The van der Waals surface area contributed by atoms with Gasteiger partial charge in [0.1, 0.15) is 5.83 Å². The van der Waals surface area contributed by atoms with Gasteiger partial charge in [-0.25, -0.2) is 4.39 Å². The van der Waals surface area contributed by atoms with Gasteiger partial charge in [-0.2, -0.15) is 0 Å². The number of aryl methyl sites for hydroxylation is 2. The molecule has 0 saturated heterocycles. The minimum atomic E-state index is -0.820. The van der Waals surface area contributed by atoms with Crippen LogP contribution in [-0.4, -0.2) is 5.11 Å². The van der Waals surface area contributed by atoms with Crippen LogP contribution in [0.4, 0.5) is 4.39 Å². The Kier molecular flexibility index (Phi) is 5.91. The van der Waals surface area contributed by atoms with E-state index in [1.54, 1.807) is 6.92 Å². The zero-order chi connectivity index (χ0) is 15.9. The van der Waals surface area contributed by atoms with Crippen molar-refractivity contribution in [2.75, 3.05) is 0 Å². The maximum absolute atomic E-state index is 14.2. The van der Waals surface area contributed by atoms with Gasteiger partial charge in [0.2, 0.25) is 0 Å². The second-order valence-electron chi connectivity index (χ2n) is 5.66. The van der Waals surface area contributed by atoms with Crippen molar-refractivity contribution in [2.24, 2.45) is 5.92 Å². The van der Waals surface area contributed by atoms with Crippen molar-refractivity contribution in [3.63, 3.8) is 0 Å². The summed E-state index contributed by atoms with van der Waals surface area (Å²) in [4.78, 5) is 0. The molecule has 2 aromatic rings. The van der Waals surface area contributed by atoms with Crippen LogP contribution in [0.2, 0.25) is 0 Å². The molecule has 0 unspecified atom stereocenters. The summed E-state index contributed by atoms with van der Waals surface area (Å²) in [7, 11) is 0. The number of rotatable bonds is 6. The van der Waals surface area contributed by atoms with Crippen molar-refractivity contribution in [2.45, 2.75) is 32.8 Å². The zero-order valence-corrected chi connectivity index (χ0v) is 13.2. The highest BCUT2D eigenvalue weighted by molar-refractivity contribution is 5.26. The molecule has 2 heteroatoms. The topological polar surface area (TPSA) is 20.2 Å². The normalized spacial score (nSPS) is 14.6. The van der Waals surface area contributed by atoms with Crippen LogP contribution in [0.5, 0.6) is 0 Å². The van der Waals surface area contributed by atoms with E-state index in [1.807, 2.05) is 61.5 Å². The minimum absolute atomic E-state index is 0.245. The lowest BCUT2D eigenvalue weighted by molar-refractivity contribution is 0.109. The Hall–Kier alpha value is -1.93. The lowest BCUT2D eigenvalue weighted by Crippen LogP contribution is -2.15. The minimum Gasteiger partial charge on any atom is -0.388 e. The highest BCUT2D eigenvalue weighted by Crippen LogP contribution is 2.32. The van der Waals surface area contributed by atoms with Crippen LogP contribution >= 0.6 is 0 Å². The first-order chi connectivity index (χ1) is 10.6. The molecule has 2 aromatic carbocycles. The average molecular weight is 298 g/mol. The van der Waals surface area contributed by atoms with Gasteiger partial charge in [0.25, 0.3) is 0 Å². The first-order valence-electron chi connectivity index (χ1n) is 7.72. The zero-order valence-electron chi connectivity index (χ0n) is 13.2. The van der Waals surface area contributed by atoms with Crippen LogP contribution < -0.4 is 0 Å². The van der Waals surface area contributed by atoms with Crippen LogP contribution in [0.3, 0.4) is 0 Å². The number of aliphatic hydroxyl groups excluding tert-OH is 1. The summed E-state index contributed by atoms with van der Waals surface area (Å²) in [5.41, 5.74) is 3.00. The second-order valence-corrected chi connectivity index (χ2v) is 5.66. The maximum atomic E-state index is 14.2. The van der Waals surface area contributed by atoms with Gasteiger partial charge < -0.3 is 5.11 Å². The smallest absolute Gasteiger partial charge is 0.102 e. The Balaban J connectivity index is 2.15. The lowest BCUT2D eigenvalue weighted by Gasteiger charge is -2.22. The molecule has 2 atom stereocenters. The molecule has 0 fully saturated rings. The molecular weight excluding hydrogens is 275 g/mol. The molecule has 2 rings (SSSR count). The second kappa shape index (κ2) is 7.90. The van der Waals surface area contributed by atoms with Gasteiger partial charge in [-0.3, -0.25) is 0 Å². The van der Waals surface area contributed by atoms with E-state index in [0.29, 0.717) is 6.42 Å². The van der Waals surface area contributed by atoms with Crippen molar-refractivity contribution in [1.29, 1.82) is 0 Å². The number of hydrogen-bond donors (Lipinski definition) is 1. The fraction of sp³-hybridized carbons (Fsp3) is 0.300. The number of allylic oxidation sites excluding steroid dienone is 1. The van der Waals surface area contributed by atoms with Crippen LogP contribution in [0.15, 0.2) is 66.5 Å². The Morgan fingerprint density at radius 1 is 1.14 bits per heavy atom. The van der Waals surface area contributed by atoms with Gasteiger partial charge in [-0.05, 0) is 37.8 Å². The van der Waals surface area contributed by atoms with Crippen molar-refractivity contribution in [1.82, 2.24) is 0 Å². The molecule has 0 aliphatic rings. The Morgan fingerprint density at radius 2 is 1.86 bits per heavy atom. The molecule has 0 amide bonds. The molecular formula is C20H23FO. The number of hydrogen-bond acceptors (Lipinski definition) is 1. The summed E-state index contributed by atoms with van der Waals surface area (Å²) in [6.07, 6.45) is 1.96. The molecule has 0 bridgehead atoms. The van der Waals surface area contributed by atoms with E-state index in [2.05, 4.69) is 0 Å². The summed E-state index contributed by atoms with van der Waals surface area (Å²) >= 11 is 0. The first kappa shape index (κ1) is 16.4. The standard InChI is InChI=1S/C20H23FO/c1-3-19(21)18(13-12-16-9-5-4-6-10-16)20(22)17-11-7-8-15(2)14-17/h3-11,14,18,20,22H,12-13H2,1-2H3/b19-3-/t18-,20+/m1/s1. The Bertz CT molecular complexity index is 619. The lowest BCUT2D eigenvalue weighted by atomic mass is 9.88. The highest BCUT2D eigenvalue weighted by Gasteiger charge is 2.24. The quantitative estimate of drug-likeness (QED) is 0.782. The van der Waals surface area contributed by atoms with E-state index in [-0.39, 0.29) is 5.83 Å². The molecule has 0 radical (unpaired) electrons. The largest absolute Gasteiger partial charge is 0.388 e. The van der Waals surface area contributed by atoms with Gasteiger partial charge in [-0.1, -0.05) is 66.2 Å². The summed E-state index contributed by atoms with van der Waals surface area (Å²) in [5, 5.41) is 10.6. The summed E-state index contributed by atoms with van der Waals surface area (Å²) < 4.78 is 14.2. The average Bonchev–Trinajstić information content (AvgIpc) is 2.55. The van der Waals surface area contributed by atoms with Gasteiger partial charge in [0.05, 0.1) is 6.10 Å². The third kappa shape index (κ3) is 4.28. The monoisotopic (exact) mass is 298 g/mol. The molecule has 0 aromatic heterocycles. The van der Waals surface area contributed by atoms with Crippen molar-refractivity contribution in [3.8, 4) is 0 Å². The molecule has 1 nitrogen and oxygen atoms in total. The Morgan fingerprint density at radius 3 is 2.50 bits per heavy atom. The van der Waals surface area contributed by atoms with Crippen molar-refractivity contribution >= 4 is 0 Å². The van der Waals surface area contributed by atoms with E-state index < -0.39 is 12.0 Å². The summed E-state index contributed by atoms with van der Waals surface area (Å²) in [6, 6.07) is 17.6. The summed E-state index contributed by atoms with van der Waals surface area (Å²) in [5.74, 6) is -0.753. The van der Waals surface area contributed by atoms with Crippen molar-refractivity contribution in [3.05, 3.63) is 83.2 Å². The SMILES string of the molecule is C/C=C(\F)[C@@H](CCc1ccccc1)[C@@H](O)c1cccc(C)c1. The van der Waals surface area contributed by atoms with Crippen LogP contribution in [0, 0.1) is 12.8 Å².